The van der Waals surface area contributed by atoms with Crippen LogP contribution in [-0.4, -0.2) is 5.54 Å². The predicted octanol–water partition coefficient (Wildman–Crippen LogP) is 7.41. The Bertz CT molecular complexity index is 695. The molecule has 1 heteroatoms. The summed E-state index contributed by atoms with van der Waals surface area (Å²) in [5, 5.41) is 4.10. The van der Waals surface area contributed by atoms with Crippen molar-refractivity contribution in [2.45, 2.75) is 76.2 Å². The van der Waals surface area contributed by atoms with Gasteiger partial charge in [-0.2, -0.15) is 0 Å². The third kappa shape index (κ3) is 3.79. The van der Waals surface area contributed by atoms with Crippen LogP contribution < -0.4 is 5.32 Å². The van der Waals surface area contributed by atoms with Crippen LogP contribution in [0, 0.1) is 11.8 Å². The van der Waals surface area contributed by atoms with Gasteiger partial charge >= 0.3 is 0 Å². The van der Waals surface area contributed by atoms with Gasteiger partial charge in [0, 0.05) is 17.1 Å². The van der Waals surface area contributed by atoms with Gasteiger partial charge in [0.2, 0.25) is 0 Å². The number of hydrogen-bond donors (Lipinski definition) is 1. The van der Waals surface area contributed by atoms with Crippen molar-refractivity contribution in [2.75, 3.05) is 5.32 Å². The predicted molar refractivity (Wildman–Crippen MR) is 116 cm³/mol. The van der Waals surface area contributed by atoms with Crippen LogP contribution in [0.25, 0.3) is 0 Å². The molecular formula is C26H35N. The van der Waals surface area contributed by atoms with Gasteiger partial charge < -0.3 is 5.32 Å². The van der Waals surface area contributed by atoms with Crippen LogP contribution in [0.2, 0.25) is 0 Å². The first kappa shape index (κ1) is 18.6. The summed E-state index contributed by atoms with van der Waals surface area (Å²) >= 11 is 0. The lowest BCUT2D eigenvalue weighted by Crippen LogP contribution is -2.44. The maximum absolute atomic E-state index is 4.10. The summed E-state index contributed by atoms with van der Waals surface area (Å²) in [4.78, 5) is 0. The van der Waals surface area contributed by atoms with Crippen LogP contribution in [0.4, 0.5) is 5.69 Å². The summed E-state index contributed by atoms with van der Waals surface area (Å²) in [6.45, 7) is 2.31. The van der Waals surface area contributed by atoms with E-state index in [9.17, 15) is 0 Å². The van der Waals surface area contributed by atoms with Gasteiger partial charge in [-0.3, -0.25) is 0 Å². The SMILES string of the molecule is CCCCCCC1C[C@H]2CCC[C@@]2(Nc2ccccc2)C1c1ccccc1. The molecule has 0 spiro atoms. The van der Waals surface area contributed by atoms with Gasteiger partial charge in [-0.15, -0.1) is 0 Å². The number of para-hydroxylation sites is 1. The molecule has 2 aliphatic rings. The zero-order valence-electron chi connectivity index (χ0n) is 16.9. The van der Waals surface area contributed by atoms with E-state index in [1.54, 1.807) is 5.56 Å². The van der Waals surface area contributed by atoms with Crippen LogP contribution in [0.1, 0.15) is 76.2 Å². The molecule has 0 radical (unpaired) electrons. The zero-order valence-corrected chi connectivity index (χ0v) is 16.9. The quantitative estimate of drug-likeness (QED) is 0.483. The molecule has 0 amide bonds. The van der Waals surface area contributed by atoms with Crippen molar-refractivity contribution in [3.63, 3.8) is 0 Å². The highest BCUT2D eigenvalue weighted by Crippen LogP contribution is 2.60. The van der Waals surface area contributed by atoms with Gasteiger partial charge in [0.15, 0.2) is 0 Å². The molecule has 4 rings (SSSR count). The maximum Gasteiger partial charge on any atom is 0.0472 e. The van der Waals surface area contributed by atoms with E-state index in [0.29, 0.717) is 5.92 Å². The molecule has 27 heavy (non-hydrogen) atoms. The van der Waals surface area contributed by atoms with Crippen molar-refractivity contribution in [3.8, 4) is 0 Å². The fourth-order valence-electron chi connectivity index (χ4n) is 6.14. The monoisotopic (exact) mass is 361 g/mol. The molecule has 1 N–H and O–H groups in total. The molecule has 2 aromatic rings. The Kier molecular flexibility index (Phi) is 5.86. The summed E-state index contributed by atoms with van der Waals surface area (Å²) < 4.78 is 0. The van der Waals surface area contributed by atoms with Gasteiger partial charge in [0.1, 0.15) is 0 Å². The molecule has 0 heterocycles. The van der Waals surface area contributed by atoms with Crippen LogP contribution in [0.5, 0.6) is 0 Å². The number of hydrogen-bond acceptors (Lipinski definition) is 1. The third-order valence-corrected chi connectivity index (χ3v) is 7.22. The average molecular weight is 362 g/mol. The molecule has 1 nitrogen and oxygen atoms in total. The number of rotatable bonds is 8. The lowest BCUT2D eigenvalue weighted by atomic mass is 9.74. The van der Waals surface area contributed by atoms with Gasteiger partial charge in [-0.1, -0.05) is 87.6 Å². The van der Waals surface area contributed by atoms with Crippen molar-refractivity contribution >= 4 is 5.69 Å². The van der Waals surface area contributed by atoms with Crippen molar-refractivity contribution < 1.29 is 0 Å². The molecule has 0 bridgehead atoms. The molecule has 2 unspecified atom stereocenters. The van der Waals surface area contributed by atoms with E-state index in [4.69, 9.17) is 0 Å². The highest BCUT2D eigenvalue weighted by molar-refractivity contribution is 5.49. The summed E-state index contributed by atoms with van der Waals surface area (Å²) in [5.41, 5.74) is 3.11. The Morgan fingerprint density at radius 1 is 0.926 bits per heavy atom. The van der Waals surface area contributed by atoms with Crippen molar-refractivity contribution in [2.24, 2.45) is 11.8 Å². The Hall–Kier alpha value is -1.76. The second-order valence-corrected chi connectivity index (χ2v) is 8.85. The van der Waals surface area contributed by atoms with Crippen LogP contribution >= 0.6 is 0 Å². The van der Waals surface area contributed by atoms with E-state index < -0.39 is 0 Å². The van der Waals surface area contributed by atoms with E-state index in [0.717, 1.165) is 11.8 Å². The Balaban J connectivity index is 1.63. The first-order chi connectivity index (χ1) is 13.3. The average Bonchev–Trinajstić information content (AvgIpc) is 3.21. The molecule has 2 aliphatic carbocycles. The standard InChI is InChI=1S/C26H35N/c1-2-3-4-7-15-22-20-23-16-12-19-26(23,27-24-17-10-6-11-18-24)25(22)21-13-8-5-9-14-21/h5-6,8-11,13-14,17-18,22-23,25,27H,2-4,7,12,15-16,19-20H2,1H3/t22?,23-,25?,26+/m1/s1. The number of benzene rings is 2. The van der Waals surface area contributed by atoms with E-state index in [-0.39, 0.29) is 5.54 Å². The second kappa shape index (κ2) is 8.50. The summed E-state index contributed by atoms with van der Waals surface area (Å²) in [6.07, 6.45) is 12.4. The Morgan fingerprint density at radius 3 is 2.41 bits per heavy atom. The van der Waals surface area contributed by atoms with Gasteiger partial charge in [-0.05, 0) is 55.2 Å². The maximum atomic E-state index is 4.10. The summed E-state index contributed by atoms with van der Waals surface area (Å²) in [6, 6.07) is 22.4. The topological polar surface area (TPSA) is 12.0 Å². The smallest absolute Gasteiger partial charge is 0.0472 e. The van der Waals surface area contributed by atoms with E-state index in [1.807, 2.05) is 0 Å². The minimum Gasteiger partial charge on any atom is -0.379 e. The minimum absolute atomic E-state index is 0.248. The second-order valence-electron chi connectivity index (χ2n) is 8.85. The fraction of sp³-hybridized carbons (Fsp3) is 0.538. The fourth-order valence-corrected chi connectivity index (χ4v) is 6.14. The molecule has 144 valence electrons. The molecule has 0 saturated heterocycles. The van der Waals surface area contributed by atoms with E-state index in [2.05, 4.69) is 72.9 Å². The largest absolute Gasteiger partial charge is 0.379 e. The zero-order chi connectivity index (χ0) is 18.5. The van der Waals surface area contributed by atoms with Gasteiger partial charge in [0.25, 0.3) is 0 Å². The molecule has 2 fully saturated rings. The molecule has 0 aromatic heterocycles. The van der Waals surface area contributed by atoms with Crippen LogP contribution in [-0.2, 0) is 0 Å². The van der Waals surface area contributed by atoms with Crippen LogP contribution in [0.3, 0.4) is 0 Å². The molecule has 0 aliphatic heterocycles. The highest BCUT2D eigenvalue weighted by Gasteiger charge is 2.56. The molecule has 2 aromatic carbocycles. The first-order valence-corrected chi connectivity index (χ1v) is 11.2. The number of fused-ring (bicyclic) bond motifs is 1. The number of nitrogens with one attached hydrogen (secondary N) is 1. The van der Waals surface area contributed by atoms with Crippen LogP contribution in [0.15, 0.2) is 60.7 Å². The van der Waals surface area contributed by atoms with Crippen molar-refractivity contribution in [1.29, 1.82) is 0 Å². The van der Waals surface area contributed by atoms with E-state index in [1.165, 1.54) is 63.5 Å². The highest BCUT2D eigenvalue weighted by atomic mass is 15.0. The van der Waals surface area contributed by atoms with Gasteiger partial charge in [-0.25, -0.2) is 0 Å². The molecule has 2 saturated carbocycles. The van der Waals surface area contributed by atoms with Crippen molar-refractivity contribution in [1.82, 2.24) is 0 Å². The molecule has 4 atom stereocenters. The summed E-state index contributed by atoms with van der Waals surface area (Å²) in [5.74, 6) is 2.29. The van der Waals surface area contributed by atoms with Crippen molar-refractivity contribution in [3.05, 3.63) is 66.2 Å². The lowest BCUT2D eigenvalue weighted by molar-refractivity contribution is 0.342. The van der Waals surface area contributed by atoms with Gasteiger partial charge in [0.05, 0.1) is 0 Å². The summed E-state index contributed by atoms with van der Waals surface area (Å²) in [7, 11) is 0. The first-order valence-electron chi connectivity index (χ1n) is 11.2. The third-order valence-electron chi connectivity index (χ3n) is 7.22. The van der Waals surface area contributed by atoms with E-state index >= 15 is 0 Å². The Morgan fingerprint density at radius 2 is 1.67 bits per heavy atom. The number of unbranched alkanes of at least 4 members (excludes halogenated alkanes) is 3. The lowest BCUT2D eigenvalue weighted by Gasteiger charge is -2.40. The number of anilines is 1. The Labute approximate surface area is 165 Å². The normalized spacial score (nSPS) is 29.6. The molecular weight excluding hydrogens is 326 g/mol. The minimum atomic E-state index is 0.248.